The van der Waals surface area contributed by atoms with Gasteiger partial charge < -0.3 is 10.0 Å². The van der Waals surface area contributed by atoms with E-state index in [-0.39, 0.29) is 11.7 Å². The highest BCUT2D eigenvalue weighted by Gasteiger charge is 2.27. The van der Waals surface area contributed by atoms with Crippen molar-refractivity contribution < 1.29 is 9.90 Å². The molecule has 0 radical (unpaired) electrons. The number of hydrogen-bond donors (Lipinski definition) is 1. The minimum atomic E-state index is -0.0463. The topological polar surface area (TPSA) is 40.5 Å². The molecule has 1 amide bonds. The Bertz CT molecular complexity index is 456. The highest BCUT2D eigenvalue weighted by molar-refractivity contribution is 5.97. The molecule has 18 heavy (non-hydrogen) atoms. The molecule has 2 rings (SSSR count). The molecule has 1 aliphatic rings. The summed E-state index contributed by atoms with van der Waals surface area (Å²) in [7, 11) is 0. The number of aromatic hydroxyl groups is 1. The highest BCUT2D eigenvalue weighted by Crippen LogP contribution is 2.27. The Balaban J connectivity index is 2.19. The lowest BCUT2D eigenvalue weighted by molar-refractivity contribution is 0.0624. The molecule has 3 heteroatoms. The summed E-state index contributed by atoms with van der Waals surface area (Å²) in [6.45, 7) is 7.80. The first-order valence-electron chi connectivity index (χ1n) is 6.58. The van der Waals surface area contributed by atoms with Crippen LogP contribution in [0.3, 0.4) is 0 Å². The summed E-state index contributed by atoms with van der Waals surface area (Å²) in [5, 5.41) is 9.97. The lowest BCUT2D eigenvalue weighted by atomic mass is 9.88. The van der Waals surface area contributed by atoms with Gasteiger partial charge in [0.1, 0.15) is 5.75 Å². The largest absolute Gasteiger partial charge is 0.507 e. The Kier molecular flexibility index (Phi) is 3.60. The van der Waals surface area contributed by atoms with Crippen LogP contribution < -0.4 is 0 Å². The molecule has 2 unspecified atom stereocenters. The molecular weight excluding hydrogens is 226 g/mol. The van der Waals surface area contributed by atoms with Crippen molar-refractivity contribution >= 4 is 5.91 Å². The van der Waals surface area contributed by atoms with Crippen LogP contribution >= 0.6 is 0 Å². The number of carbonyl (C=O) groups is 1. The Hall–Kier alpha value is -1.51. The van der Waals surface area contributed by atoms with Crippen LogP contribution in [0.4, 0.5) is 0 Å². The molecule has 1 aromatic carbocycles. The number of piperidine rings is 1. The van der Waals surface area contributed by atoms with E-state index in [0.29, 0.717) is 17.4 Å². The fourth-order valence-corrected chi connectivity index (χ4v) is 2.45. The number of amides is 1. The van der Waals surface area contributed by atoms with Gasteiger partial charge in [-0.1, -0.05) is 26.0 Å². The molecule has 1 heterocycles. The number of phenols is 1. The van der Waals surface area contributed by atoms with E-state index in [1.54, 1.807) is 6.07 Å². The first-order chi connectivity index (χ1) is 8.50. The molecule has 1 aromatic rings. The molecule has 0 saturated carbocycles. The summed E-state index contributed by atoms with van der Waals surface area (Å²) in [6.07, 6.45) is 1.04. The van der Waals surface area contributed by atoms with Crippen molar-refractivity contribution in [2.75, 3.05) is 13.1 Å². The van der Waals surface area contributed by atoms with Gasteiger partial charge in [0.25, 0.3) is 5.91 Å². The number of likely N-dealkylation sites (tertiary alicyclic amines) is 1. The fraction of sp³-hybridized carbons (Fsp3) is 0.533. The second kappa shape index (κ2) is 5.01. The van der Waals surface area contributed by atoms with Crippen LogP contribution in [0.2, 0.25) is 0 Å². The molecule has 2 atom stereocenters. The van der Waals surface area contributed by atoms with Crippen LogP contribution in [0.25, 0.3) is 0 Å². The third kappa shape index (κ3) is 2.35. The standard InChI is InChI=1S/C15H21NO2/c1-10-7-8-16(9-12(10)3)15(18)13-6-4-5-11(2)14(13)17/h4-6,10,12,17H,7-9H2,1-3H3. The number of para-hydroxylation sites is 1. The maximum atomic E-state index is 12.4. The number of hydrogen-bond acceptors (Lipinski definition) is 2. The SMILES string of the molecule is Cc1cccc(C(=O)N2CCC(C)C(C)C2)c1O. The van der Waals surface area contributed by atoms with Crippen molar-refractivity contribution in [2.45, 2.75) is 27.2 Å². The number of benzene rings is 1. The summed E-state index contributed by atoms with van der Waals surface area (Å²) in [5.74, 6) is 1.26. The normalized spacial score (nSPS) is 24.1. The van der Waals surface area contributed by atoms with Gasteiger partial charge in [-0.2, -0.15) is 0 Å². The minimum absolute atomic E-state index is 0.0463. The van der Waals surface area contributed by atoms with Crippen LogP contribution in [0, 0.1) is 18.8 Å². The summed E-state index contributed by atoms with van der Waals surface area (Å²) < 4.78 is 0. The first-order valence-corrected chi connectivity index (χ1v) is 6.58. The number of rotatable bonds is 1. The third-order valence-electron chi connectivity index (χ3n) is 4.09. The van der Waals surface area contributed by atoms with E-state index >= 15 is 0 Å². The van der Waals surface area contributed by atoms with E-state index in [0.717, 1.165) is 25.1 Å². The molecular formula is C15H21NO2. The van der Waals surface area contributed by atoms with Gasteiger partial charge >= 0.3 is 0 Å². The number of nitrogens with zero attached hydrogens (tertiary/aromatic N) is 1. The Labute approximate surface area is 108 Å². The maximum absolute atomic E-state index is 12.4. The van der Waals surface area contributed by atoms with Crippen LogP contribution in [0.15, 0.2) is 18.2 Å². The molecule has 0 aliphatic carbocycles. The average molecular weight is 247 g/mol. The molecule has 1 saturated heterocycles. The Morgan fingerprint density at radius 2 is 2.06 bits per heavy atom. The van der Waals surface area contributed by atoms with Crippen molar-refractivity contribution in [3.63, 3.8) is 0 Å². The molecule has 0 spiro atoms. The molecule has 0 bridgehead atoms. The average Bonchev–Trinajstić information content (AvgIpc) is 2.35. The van der Waals surface area contributed by atoms with Crippen molar-refractivity contribution in [1.82, 2.24) is 4.90 Å². The van der Waals surface area contributed by atoms with E-state index in [4.69, 9.17) is 0 Å². The van der Waals surface area contributed by atoms with Crippen molar-refractivity contribution in [3.8, 4) is 5.75 Å². The monoisotopic (exact) mass is 247 g/mol. The molecule has 1 N–H and O–H groups in total. The Morgan fingerprint density at radius 1 is 1.33 bits per heavy atom. The molecule has 0 aromatic heterocycles. The Morgan fingerprint density at radius 3 is 2.72 bits per heavy atom. The van der Waals surface area contributed by atoms with Crippen LogP contribution in [-0.2, 0) is 0 Å². The second-order valence-corrected chi connectivity index (χ2v) is 5.47. The quantitative estimate of drug-likeness (QED) is 0.829. The fourth-order valence-electron chi connectivity index (χ4n) is 2.45. The summed E-state index contributed by atoms with van der Waals surface area (Å²) in [4.78, 5) is 14.3. The predicted octanol–water partition coefficient (Wildman–Crippen LogP) is 2.82. The third-order valence-corrected chi connectivity index (χ3v) is 4.09. The molecule has 1 fully saturated rings. The molecule has 1 aliphatic heterocycles. The zero-order valence-corrected chi connectivity index (χ0v) is 11.3. The summed E-state index contributed by atoms with van der Waals surface area (Å²) >= 11 is 0. The minimum Gasteiger partial charge on any atom is -0.507 e. The highest BCUT2D eigenvalue weighted by atomic mass is 16.3. The first kappa shape index (κ1) is 12.9. The zero-order valence-electron chi connectivity index (χ0n) is 11.3. The van der Waals surface area contributed by atoms with Gasteiger partial charge in [-0.3, -0.25) is 4.79 Å². The molecule has 3 nitrogen and oxygen atoms in total. The zero-order chi connectivity index (χ0) is 13.3. The van der Waals surface area contributed by atoms with Crippen LogP contribution in [0.1, 0.15) is 36.2 Å². The van der Waals surface area contributed by atoms with Gasteiger partial charge in [0.15, 0.2) is 0 Å². The van der Waals surface area contributed by atoms with E-state index in [1.165, 1.54) is 0 Å². The summed E-state index contributed by atoms with van der Waals surface area (Å²) in [5.41, 5.74) is 1.18. The number of aryl methyl sites for hydroxylation is 1. The van der Waals surface area contributed by atoms with Gasteiger partial charge in [0, 0.05) is 13.1 Å². The molecule has 98 valence electrons. The van der Waals surface area contributed by atoms with Gasteiger partial charge in [-0.05, 0) is 36.8 Å². The second-order valence-electron chi connectivity index (χ2n) is 5.47. The van der Waals surface area contributed by atoms with E-state index in [2.05, 4.69) is 13.8 Å². The van der Waals surface area contributed by atoms with Gasteiger partial charge in [-0.15, -0.1) is 0 Å². The van der Waals surface area contributed by atoms with Crippen molar-refractivity contribution in [2.24, 2.45) is 11.8 Å². The van der Waals surface area contributed by atoms with Crippen LogP contribution in [0.5, 0.6) is 5.75 Å². The van der Waals surface area contributed by atoms with Crippen molar-refractivity contribution in [3.05, 3.63) is 29.3 Å². The number of carbonyl (C=O) groups excluding carboxylic acids is 1. The van der Waals surface area contributed by atoms with Gasteiger partial charge in [-0.25, -0.2) is 0 Å². The summed E-state index contributed by atoms with van der Waals surface area (Å²) in [6, 6.07) is 5.33. The van der Waals surface area contributed by atoms with Crippen LogP contribution in [-0.4, -0.2) is 29.0 Å². The predicted molar refractivity (Wildman–Crippen MR) is 71.7 cm³/mol. The van der Waals surface area contributed by atoms with E-state index < -0.39 is 0 Å². The van der Waals surface area contributed by atoms with Crippen molar-refractivity contribution in [1.29, 1.82) is 0 Å². The van der Waals surface area contributed by atoms with E-state index in [9.17, 15) is 9.90 Å². The van der Waals surface area contributed by atoms with E-state index in [1.807, 2.05) is 24.0 Å². The van der Waals surface area contributed by atoms with Gasteiger partial charge in [0.2, 0.25) is 0 Å². The maximum Gasteiger partial charge on any atom is 0.257 e. The lowest BCUT2D eigenvalue weighted by Crippen LogP contribution is -2.42. The van der Waals surface area contributed by atoms with Gasteiger partial charge in [0.05, 0.1) is 5.56 Å². The smallest absolute Gasteiger partial charge is 0.257 e. The lowest BCUT2D eigenvalue weighted by Gasteiger charge is -2.35. The number of phenolic OH excluding ortho intramolecular Hbond substituents is 1.